The molecule has 0 aromatic heterocycles. The van der Waals surface area contributed by atoms with Gasteiger partial charge in [-0.3, -0.25) is 14.4 Å². The van der Waals surface area contributed by atoms with E-state index < -0.39 is 51.6 Å². The van der Waals surface area contributed by atoms with Gasteiger partial charge in [-0.1, -0.05) is 24.3 Å². The van der Waals surface area contributed by atoms with E-state index in [4.69, 9.17) is 14.2 Å². The van der Waals surface area contributed by atoms with E-state index in [1.165, 1.54) is 19.1 Å². The molecule has 1 aliphatic rings. The Morgan fingerprint density at radius 2 is 1.62 bits per heavy atom. The van der Waals surface area contributed by atoms with E-state index in [1.54, 1.807) is 71.9 Å². The van der Waals surface area contributed by atoms with Crippen LogP contribution < -0.4 is 20.1 Å². The number of nitrogens with zero attached hydrogens (tertiary/aromatic N) is 1. The zero-order valence-electron chi connectivity index (χ0n) is 26.9. The van der Waals surface area contributed by atoms with Crippen molar-refractivity contribution in [2.75, 3.05) is 20.8 Å². The molecule has 1 aliphatic heterocycles. The predicted octanol–water partition coefficient (Wildman–Crippen LogP) is 2.38. The molecule has 246 valence electrons. The van der Waals surface area contributed by atoms with Crippen molar-refractivity contribution in [2.45, 2.75) is 83.6 Å². The number of esters is 1. The standard InChI is InChI=1S/C31H42N4O9S/c1-18-13-25(42-7)19(2)20(3)27(18)45(40,41)33-15-21-9-11-22(12-10-21)17-35-24(14-26(36)43-8)28(37)34-23(29(35)38)16-32-30(39)44-31(4,5)6/h9-13,23-24,33H,14-17H2,1-8H3,(H,32,39)(H,34,37)/t23-,24+/m1/s1. The van der Waals surface area contributed by atoms with Gasteiger partial charge in [-0.15, -0.1) is 0 Å². The van der Waals surface area contributed by atoms with Crippen LogP contribution in [-0.2, 0) is 47.0 Å². The second kappa shape index (κ2) is 14.3. The van der Waals surface area contributed by atoms with Crippen LogP contribution in [0, 0.1) is 20.8 Å². The number of amides is 3. The van der Waals surface area contributed by atoms with Crippen LogP contribution in [0.3, 0.4) is 0 Å². The first-order valence-corrected chi connectivity index (χ1v) is 15.8. The summed E-state index contributed by atoms with van der Waals surface area (Å²) in [5.41, 5.74) is 2.45. The Kier molecular flexibility index (Phi) is 11.2. The highest BCUT2D eigenvalue weighted by molar-refractivity contribution is 7.89. The predicted molar refractivity (Wildman–Crippen MR) is 165 cm³/mol. The van der Waals surface area contributed by atoms with E-state index in [0.29, 0.717) is 28.0 Å². The Bertz CT molecular complexity index is 1550. The second-order valence-electron chi connectivity index (χ2n) is 11.8. The van der Waals surface area contributed by atoms with Gasteiger partial charge in [-0.25, -0.2) is 17.9 Å². The third kappa shape index (κ3) is 8.94. The molecule has 3 N–H and O–H groups in total. The molecule has 0 bridgehead atoms. The van der Waals surface area contributed by atoms with Crippen molar-refractivity contribution >= 4 is 33.9 Å². The zero-order chi connectivity index (χ0) is 33.7. The number of aryl methyl sites for hydroxylation is 1. The molecule has 0 unspecified atom stereocenters. The summed E-state index contributed by atoms with van der Waals surface area (Å²) in [6, 6.07) is 6.32. The van der Waals surface area contributed by atoms with Gasteiger partial charge >= 0.3 is 12.1 Å². The molecule has 0 radical (unpaired) electrons. The number of methoxy groups -OCH3 is 2. The SMILES string of the molecule is COC(=O)C[C@H]1C(=O)N[C@H](CNC(=O)OC(C)(C)C)C(=O)N1Cc1ccc(CNS(=O)(=O)c2c(C)cc(OC)c(C)c2C)cc1. The van der Waals surface area contributed by atoms with Crippen LogP contribution in [0.25, 0.3) is 0 Å². The van der Waals surface area contributed by atoms with E-state index in [-0.39, 0.29) is 31.0 Å². The number of alkyl carbamates (subject to hydrolysis) is 1. The number of ether oxygens (including phenoxy) is 3. The molecule has 2 atom stereocenters. The number of carbonyl (C=O) groups is 4. The van der Waals surface area contributed by atoms with Gasteiger partial charge in [-0.2, -0.15) is 0 Å². The number of benzene rings is 2. The molecule has 45 heavy (non-hydrogen) atoms. The van der Waals surface area contributed by atoms with E-state index in [9.17, 15) is 27.6 Å². The monoisotopic (exact) mass is 646 g/mol. The quantitative estimate of drug-likeness (QED) is 0.310. The summed E-state index contributed by atoms with van der Waals surface area (Å²) in [4.78, 5) is 52.2. The highest BCUT2D eigenvalue weighted by atomic mass is 32.2. The van der Waals surface area contributed by atoms with Crippen LogP contribution in [0.1, 0.15) is 55.0 Å². The fourth-order valence-electron chi connectivity index (χ4n) is 4.95. The van der Waals surface area contributed by atoms with Crippen molar-refractivity contribution in [3.8, 4) is 5.75 Å². The number of nitrogens with one attached hydrogen (secondary N) is 3. The van der Waals surface area contributed by atoms with Crippen LogP contribution in [0.2, 0.25) is 0 Å². The van der Waals surface area contributed by atoms with E-state index in [2.05, 4.69) is 15.4 Å². The molecule has 13 nitrogen and oxygen atoms in total. The Labute approximate surface area is 264 Å². The summed E-state index contributed by atoms with van der Waals surface area (Å²) >= 11 is 0. The molecular formula is C31H42N4O9S. The summed E-state index contributed by atoms with van der Waals surface area (Å²) in [5, 5.41) is 5.07. The summed E-state index contributed by atoms with van der Waals surface area (Å²) in [6.07, 6.45) is -1.10. The van der Waals surface area contributed by atoms with Crippen molar-refractivity contribution < 1.29 is 41.8 Å². The summed E-state index contributed by atoms with van der Waals surface area (Å²) < 4.78 is 44.4. The molecule has 1 saturated heterocycles. The smallest absolute Gasteiger partial charge is 0.407 e. The number of rotatable bonds is 11. The van der Waals surface area contributed by atoms with Gasteiger partial charge in [0.1, 0.15) is 23.4 Å². The number of hydrogen-bond acceptors (Lipinski definition) is 9. The normalized spacial score (nSPS) is 17.0. The van der Waals surface area contributed by atoms with Gasteiger partial charge in [0.15, 0.2) is 0 Å². The largest absolute Gasteiger partial charge is 0.496 e. The highest BCUT2D eigenvalue weighted by Crippen LogP contribution is 2.30. The first kappa shape index (κ1) is 35.3. The fourth-order valence-corrected chi connectivity index (χ4v) is 6.49. The Morgan fingerprint density at radius 3 is 2.20 bits per heavy atom. The summed E-state index contributed by atoms with van der Waals surface area (Å²) in [6.45, 7) is 10.1. The van der Waals surface area contributed by atoms with Crippen molar-refractivity contribution in [1.82, 2.24) is 20.3 Å². The lowest BCUT2D eigenvalue weighted by atomic mass is 10.0. The Balaban J connectivity index is 1.75. The minimum atomic E-state index is -3.85. The van der Waals surface area contributed by atoms with Gasteiger partial charge in [-0.05, 0) is 75.4 Å². The molecule has 1 heterocycles. The number of piperazine rings is 1. The van der Waals surface area contributed by atoms with Crippen molar-refractivity contribution in [3.63, 3.8) is 0 Å². The van der Waals surface area contributed by atoms with E-state index >= 15 is 0 Å². The number of sulfonamides is 1. The van der Waals surface area contributed by atoms with Crippen molar-refractivity contribution in [3.05, 3.63) is 58.1 Å². The summed E-state index contributed by atoms with van der Waals surface area (Å²) in [7, 11) is -1.12. The minimum absolute atomic E-state index is 0.0149. The van der Waals surface area contributed by atoms with Crippen LogP contribution >= 0.6 is 0 Å². The number of hydrogen-bond donors (Lipinski definition) is 3. The lowest BCUT2D eigenvalue weighted by Crippen LogP contribution is -2.65. The van der Waals surface area contributed by atoms with Gasteiger partial charge in [0.05, 0.1) is 32.1 Å². The average molecular weight is 647 g/mol. The first-order valence-electron chi connectivity index (χ1n) is 14.3. The first-order chi connectivity index (χ1) is 21.0. The number of carbonyl (C=O) groups excluding carboxylic acids is 4. The second-order valence-corrected chi connectivity index (χ2v) is 13.5. The molecule has 14 heteroatoms. The van der Waals surface area contributed by atoms with E-state index in [1.807, 2.05) is 0 Å². The fraction of sp³-hybridized carbons (Fsp3) is 0.484. The van der Waals surface area contributed by atoms with Gasteiger partial charge in [0.25, 0.3) is 0 Å². The molecular weight excluding hydrogens is 604 g/mol. The third-order valence-corrected chi connectivity index (χ3v) is 9.01. The molecule has 1 fully saturated rings. The van der Waals surface area contributed by atoms with Crippen LogP contribution in [0.4, 0.5) is 4.79 Å². The maximum atomic E-state index is 13.5. The van der Waals surface area contributed by atoms with Gasteiger partial charge < -0.3 is 29.7 Å². The summed E-state index contributed by atoms with van der Waals surface area (Å²) in [5.74, 6) is -1.12. The molecule has 3 amide bonds. The molecule has 0 saturated carbocycles. The molecule has 3 rings (SSSR count). The third-order valence-electron chi connectivity index (χ3n) is 7.32. The maximum Gasteiger partial charge on any atom is 0.407 e. The highest BCUT2D eigenvalue weighted by Gasteiger charge is 2.42. The minimum Gasteiger partial charge on any atom is -0.496 e. The molecule has 2 aromatic carbocycles. The molecule has 0 aliphatic carbocycles. The zero-order valence-corrected chi connectivity index (χ0v) is 27.7. The Hall–Kier alpha value is -4.17. The van der Waals surface area contributed by atoms with Crippen molar-refractivity contribution in [2.24, 2.45) is 0 Å². The molecule has 2 aromatic rings. The van der Waals surface area contributed by atoms with Crippen LogP contribution in [-0.4, -0.2) is 75.6 Å². The average Bonchev–Trinajstić information content (AvgIpc) is 2.96. The topological polar surface area (TPSA) is 169 Å². The van der Waals surface area contributed by atoms with Gasteiger partial charge in [0, 0.05) is 13.1 Å². The molecule has 0 spiro atoms. The lowest BCUT2D eigenvalue weighted by Gasteiger charge is -2.38. The van der Waals surface area contributed by atoms with Crippen molar-refractivity contribution in [1.29, 1.82) is 0 Å². The maximum absolute atomic E-state index is 13.5. The Morgan fingerprint density at radius 1 is 1.00 bits per heavy atom. The van der Waals surface area contributed by atoms with Crippen LogP contribution in [0.15, 0.2) is 35.2 Å². The van der Waals surface area contributed by atoms with Gasteiger partial charge in [0.2, 0.25) is 21.8 Å². The van der Waals surface area contributed by atoms with Crippen LogP contribution in [0.5, 0.6) is 5.75 Å². The van der Waals surface area contributed by atoms with E-state index in [0.717, 1.165) is 5.56 Å². The lowest BCUT2D eigenvalue weighted by molar-refractivity contribution is -0.154.